The monoisotopic (exact) mass is 246 g/mol. The number of aromatic nitrogens is 2. The van der Waals surface area contributed by atoms with E-state index in [2.05, 4.69) is 9.97 Å². The molecule has 0 atom stereocenters. The highest BCUT2D eigenvalue weighted by molar-refractivity contribution is 7.84. The summed E-state index contributed by atoms with van der Waals surface area (Å²) < 4.78 is 35.1. The molecular formula is C9H14N2O4S. The Balaban J connectivity index is 3.04. The van der Waals surface area contributed by atoms with Gasteiger partial charge in [-0.3, -0.25) is 4.55 Å². The average molecular weight is 246 g/mol. The van der Waals surface area contributed by atoms with Crippen molar-refractivity contribution in [3.63, 3.8) is 0 Å². The molecular weight excluding hydrogens is 232 g/mol. The van der Waals surface area contributed by atoms with Gasteiger partial charge in [0.05, 0.1) is 5.69 Å². The summed E-state index contributed by atoms with van der Waals surface area (Å²) in [5, 5.41) is 0. The number of nitrogens with zero attached hydrogens (tertiary/aromatic N) is 2. The molecule has 0 aliphatic rings. The van der Waals surface area contributed by atoms with E-state index in [1.807, 2.05) is 6.92 Å². The van der Waals surface area contributed by atoms with Crippen molar-refractivity contribution in [3.8, 4) is 0 Å². The highest BCUT2D eigenvalue weighted by atomic mass is 32.2. The Labute approximate surface area is 94.4 Å². The molecule has 6 nitrogen and oxygen atoms in total. The third-order valence-corrected chi connectivity index (χ3v) is 2.51. The highest BCUT2D eigenvalue weighted by Crippen LogP contribution is 2.06. The lowest BCUT2D eigenvalue weighted by Gasteiger charge is -2.05. The summed E-state index contributed by atoms with van der Waals surface area (Å²) >= 11 is 0. The Bertz CT molecular complexity index is 459. The Morgan fingerprint density at radius 2 is 2.00 bits per heavy atom. The molecule has 0 aromatic carbocycles. The zero-order valence-corrected chi connectivity index (χ0v) is 9.99. The molecule has 0 aliphatic carbocycles. The maximum atomic E-state index is 10.7. The molecule has 0 saturated heterocycles. The Morgan fingerprint density at radius 3 is 2.50 bits per heavy atom. The molecule has 0 aliphatic heterocycles. The van der Waals surface area contributed by atoms with Gasteiger partial charge in [-0.2, -0.15) is 8.42 Å². The second-order valence-electron chi connectivity index (χ2n) is 3.28. The molecule has 0 saturated carbocycles. The summed E-state index contributed by atoms with van der Waals surface area (Å²) in [6.45, 7) is 2.11. The van der Waals surface area contributed by atoms with Gasteiger partial charge < -0.3 is 4.74 Å². The van der Waals surface area contributed by atoms with Crippen molar-refractivity contribution in [2.24, 2.45) is 0 Å². The molecule has 1 aromatic heterocycles. The SMILES string of the molecule is CCc1cc(CS(=O)(=O)O)nc(COC)n1. The minimum Gasteiger partial charge on any atom is -0.377 e. The molecule has 16 heavy (non-hydrogen) atoms. The van der Waals surface area contributed by atoms with Crippen LogP contribution in [-0.4, -0.2) is 30.0 Å². The summed E-state index contributed by atoms with van der Waals surface area (Å²) in [4.78, 5) is 8.14. The third kappa shape index (κ3) is 4.21. The van der Waals surface area contributed by atoms with Crippen molar-refractivity contribution in [2.75, 3.05) is 7.11 Å². The Morgan fingerprint density at radius 1 is 1.38 bits per heavy atom. The number of aryl methyl sites for hydroxylation is 1. The van der Waals surface area contributed by atoms with Crippen LogP contribution in [0.25, 0.3) is 0 Å². The number of ether oxygens (including phenoxy) is 1. The van der Waals surface area contributed by atoms with Gasteiger partial charge in [0.2, 0.25) is 0 Å². The van der Waals surface area contributed by atoms with Gasteiger partial charge in [0.25, 0.3) is 10.1 Å². The zero-order valence-electron chi connectivity index (χ0n) is 9.17. The molecule has 0 amide bonds. The van der Waals surface area contributed by atoms with Crippen LogP contribution >= 0.6 is 0 Å². The van der Waals surface area contributed by atoms with E-state index in [0.29, 0.717) is 12.2 Å². The average Bonchev–Trinajstić information content (AvgIpc) is 2.15. The topological polar surface area (TPSA) is 89.4 Å². The van der Waals surface area contributed by atoms with E-state index in [4.69, 9.17) is 9.29 Å². The van der Waals surface area contributed by atoms with Crippen LogP contribution in [0.4, 0.5) is 0 Å². The van der Waals surface area contributed by atoms with Crippen molar-refractivity contribution in [1.82, 2.24) is 9.97 Å². The fourth-order valence-corrected chi connectivity index (χ4v) is 1.77. The molecule has 1 aromatic rings. The van der Waals surface area contributed by atoms with Gasteiger partial charge in [0, 0.05) is 12.8 Å². The maximum Gasteiger partial charge on any atom is 0.270 e. The van der Waals surface area contributed by atoms with Crippen LogP contribution in [0, 0.1) is 0 Å². The lowest BCUT2D eigenvalue weighted by Crippen LogP contribution is -2.08. The predicted molar refractivity (Wildman–Crippen MR) is 57.4 cm³/mol. The maximum absolute atomic E-state index is 10.7. The number of rotatable bonds is 5. The zero-order chi connectivity index (χ0) is 12.2. The van der Waals surface area contributed by atoms with Gasteiger partial charge in [0.15, 0.2) is 5.82 Å². The molecule has 0 fully saturated rings. The van der Waals surface area contributed by atoms with Gasteiger partial charge in [-0.05, 0) is 12.5 Å². The highest BCUT2D eigenvalue weighted by Gasteiger charge is 2.10. The number of hydrogen-bond acceptors (Lipinski definition) is 5. The third-order valence-electron chi connectivity index (χ3n) is 1.84. The van der Waals surface area contributed by atoms with Crippen molar-refractivity contribution in [2.45, 2.75) is 25.7 Å². The van der Waals surface area contributed by atoms with Crippen LogP contribution in [0.1, 0.15) is 24.1 Å². The first-order valence-corrected chi connectivity index (χ1v) is 6.35. The molecule has 1 N–H and O–H groups in total. The van der Waals surface area contributed by atoms with Crippen molar-refractivity contribution in [3.05, 3.63) is 23.3 Å². The van der Waals surface area contributed by atoms with Gasteiger partial charge in [-0.15, -0.1) is 0 Å². The lowest BCUT2D eigenvalue weighted by atomic mass is 10.3. The largest absolute Gasteiger partial charge is 0.377 e. The summed E-state index contributed by atoms with van der Waals surface area (Å²) in [6, 6.07) is 1.56. The van der Waals surface area contributed by atoms with Crippen molar-refractivity contribution in [1.29, 1.82) is 0 Å². The second kappa shape index (κ2) is 5.33. The Kier molecular flexibility index (Phi) is 4.34. The van der Waals surface area contributed by atoms with Crippen molar-refractivity contribution >= 4 is 10.1 Å². The van der Waals surface area contributed by atoms with Crippen molar-refractivity contribution < 1.29 is 17.7 Å². The van der Waals surface area contributed by atoms with Gasteiger partial charge in [-0.1, -0.05) is 6.92 Å². The summed E-state index contributed by atoms with van der Waals surface area (Å²) in [6.07, 6.45) is 0.664. The molecule has 0 bridgehead atoms. The first-order valence-electron chi connectivity index (χ1n) is 4.74. The van der Waals surface area contributed by atoms with Crippen LogP contribution in [0.3, 0.4) is 0 Å². The van der Waals surface area contributed by atoms with Crippen LogP contribution in [0.15, 0.2) is 6.07 Å². The van der Waals surface area contributed by atoms with Crippen LogP contribution in [-0.2, 0) is 33.6 Å². The van der Waals surface area contributed by atoms with Gasteiger partial charge in [0.1, 0.15) is 12.4 Å². The fraction of sp³-hybridized carbons (Fsp3) is 0.556. The quantitative estimate of drug-likeness (QED) is 0.764. The minimum atomic E-state index is -4.06. The predicted octanol–water partition coefficient (Wildman–Crippen LogP) is 0.573. The second-order valence-corrected chi connectivity index (χ2v) is 4.73. The molecule has 0 spiro atoms. The van der Waals surface area contributed by atoms with E-state index < -0.39 is 15.9 Å². The standard InChI is InChI=1S/C9H14N2O4S/c1-3-7-4-8(6-16(12,13)14)11-9(10-7)5-15-2/h4H,3,5-6H2,1-2H3,(H,12,13,14). The minimum absolute atomic E-state index is 0.215. The fourth-order valence-electron chi connectivity index (χ4n) is 1.25. The van der Waals surface area contributed by atoms with E-state index in [1.54, 1.807) is 6.07 Å². The molecule has 0 unspecified atom stereocenters. The van der Waals surface area contributed by atoms with Crippen LogP contribution < -0.4 is 0 Å². The molecule has 7 heteroatoms. The van der Waals surface area contributed by atoms with E-state index in [1.165, 1.54) is 7.11 Å². The lowest BCUT2D eigenvalue weighted by molar-refractivity contribution is 0.177. The van der Waals surface area contributed by atoms with E-state index in [0.717, 1.165) is 5.69 Å². The summed E-state index contributed by atoms with van der Waals surface area (Å²) in [7, 11) is -2.56. The molecule has 1 rings (SSSR count). The van der Waals surface area contributed by atoms with Crippen LogP contribution in [0.5, 0.6) is 0 Å². The van der Waals surface area contributed by atoms with Gasteiger partial charge in [-0.25, -0.2) is 9.97 Å². The van der Waals surface area contributed by atoms with Gasteiger partial charge >= 0.3 is 0 Å². The number of methoxy groups -OCH3 is 1. The van der Waals surface area contributed by atoms with E-state index >= 15 is 0 Å². The molecule has 0 radical (unpaired) electrons. The number of hydrogen-bond donors (Lipinski definition) is 1. The summed E-state index contributed by atoms with van der Waals surface area (Å²) in [5.74, 6) is -0.0836. The van der Waals surface area contributed by atoms with E-state index in [-0.39, 0.29) is 12.3 Å². The smallest absolute Gasteiger partial charge is 0.270 e. The van der Waals surface area contributed by atoms with Crippen LogP contribution in [0.2, 0.25) is 0 Å². The molecule has 90 valence electrons. The van der Waals surface area contributed by atoms with E-state index in [9.17, 15) is 8.42 Å². The first kappa shape index (κ1) is 13.0. The first-order chi connectivity index (χ1) is 7.44. The normalized spacial score (nSPS) is 11.7. The Hall–Kier alpha value is -1.05. The summed E-state index contributed by atoms with van der Waals surface area (Å²) in [5.41, 5.74) is 1.00. The molecule has 1 heterocycles.